The normalized spacial score (nSPS) is 9.35. The van der Waals surface area contributed by atoms with Crippen LogP contribution in [0.2, 0.25) is 0 Å². The number of methoxy groups -OCH3 is 1. The van der Waals surface area contributed by atoms with Crippen molar-refractivity contribution in [3.05, 3.63) is 77.9 Å². The number of hydrogen-bond donors (Lipinski definition) is 3. The molecule has 0 heterocycles. The summed E-state index contributed by atoms with van der Waals surface area (Å²) in [7, 11) is 1.59. The van der Waals surface area contributed by atoms with E-state index in [-0.39, 0.29) is 5.75 Å². The molecule has 0 aromatic heterocycles. The summed E-state index contributed by atoms with van der Waals surface area (Å²) in [6.07, 6.45) is 4.67. The molecule has 0 fully saturated rings. The molecule has 0 aliphatic rings. The number of carbonyl (C=O) groups is 1. The lowest BCUT2D eigenvalue weighted by molar-refractivity contribution is 0.137. The average Bonchev–Trinajstić information content (AvgIpc) is 2.59. The number of phenols is 1. The smallest absolute Gasteiger partial charge is 0.503 e. The van der Waals surface area contributed by atoms with Crippen LogP contribution in [-0.4, -0.2) is 28.6 Å². The van der Waals surface area contributed by atoms with Gasteiger partial charge < -0.3 is 20.1 Å². The summed E-state index contributed by atoms with van der Waals surface area (Å²) < 4.78 is 5.35. The highest BCUT2D eigenvalue weighted by Crippen LogP contribution is 2.34. The van der Waals surface area contributed by atoms with Crippen molar-refractivity contribution < 1.29 is 24.9 Å². The predicted octanol–water partition coefficient (Wildman–Crippen LogP) is 5.44. The molecule has 5 nitrogen and oxygen atoms in total. The zero-order valence-electron chi connectivity index (χ0n) is 15.3. The van der Waals surface area contributed by atoms with Crippen LogP contribution in [0.4, 0.5) is 4.79 Å². The van der Waals surface area contributed by atoms with E-state index in [1.54, 1.807) is 19.3 Å². The molecule has 0 spiro atoms. The van der Waals surface area contributed by atoms with E-state index in [2.05, 4.69) is 18.7 Å². The first-order chi connectivity index (χ1) is 12.4. The van der Waals surface area contributed by atoms with Gasteiger partial charge in [-0.1, -0.05) is 54.6 Å². The Morgan fingerprint density at radius 3 is 2.12 bits per heavy atom. The van der Waals surface area contributed by atoms with Crippen LogP contribution in [0.5, 0.6) is 11.5 Å². The first-order valence-corrected chi connectivity index (χ1v) is 7.95. The van der Waals surface area contributed by atoms with Gasteiger partial charge in [0.2, 0.25) is 0 Å². The van der Waals surface area contributed by atoms with Crippen LogP contribution in [-0.2, 0) is 6.42 Å². The number of allylic oxidation sites excluding steroid dienone is 2. The maximum absolute atomic E-state index is 9.91. The first-order valence-electron chi connectivity index (χ1n) is 7.95. The number of phenolic OH excluding ortho intramolecular Hbond substituents is 1. The average molecular weight is 358 g/mol. The third kappa shape index (κ3) is 8.59. The van der Waals surface area contributed by atoms with Crippen molar-refractivity contribution in [3.8, 4) is 11.5 Å². The summed E-state index contributed by atoms with van der Waals surface area (Å²) in [6, 6.07) is 13.8. The van der Waals surface area contributed by atoms with Crippen molar-refractivity contribution in [2.24, 2.45) is 0 Å². The summed E-state index contributed by atoms with van der Waals surface area (Å²) >= 11 is 0. The van der Waals surface area contributed by atoms with Gasteiger partial charge in [0.05, 0.1) is 7.11 Å². The van der Waals surface area contributed by atoms with Gasteiger partial charge in [0.15, 0.2) is 11.5 Å². The second kappa shape index (κ2) is 13.1. The van der Waals surface area contributed by atoms with Gasteiger partial charge in [0.1, 0.15) is 0 Å². The first kappa shape index (κ1) is 22.8. The summed E-state index contributed by atoms with van der Waals surface area (Å²) in [6.45, 7) is 7.23. The quantitative estimate of drug-likeness (QED) is 0.634. The van der Waals surface area contributed by atoms with Crippen LogP contribution in [0.1, 0.15) is 30.5 Å². The van der Waals surface area contributed by atoms with Crippen LogP contribution in [0.25, 0.3) is 6.08 Å². The van der Waals surface area contributed by atoms with E-state index in [1.807, 2.05) is 50.3 Å². The number of aromatic hydroxyl groups is 1. The zero-order chi connectivity index (χ0) is 19.9. The van der Waals surface area contributed by atoms with Crippen molar-refractivity contribution in [1.29, 1.82) is 0 Å². The lowest BCUT2D eigenvalue weighted by atomic mass is 9.98. The fraction of sp³-hybridized carbons (Fsp3) is 0.190. The summed E-state index contributed by atoms with van der Waals surface area (Å²) in [4.78, 5) is 8.56. The molecular formula is C21H26O5. The Morgan fingerprint density at radius 1 is 1.12 bits per heavy atom. The number of carboxylic acid groups (broad SMARTS) is 2. The summed E-state index contributed by atoms with van der Waals surface area (Å²) in [5.41, 5.74) is 3.27. The van der Waals surface area contributed by atoms with E-state index < -0.39 is 6.16 Å². The highest BCUT2D eigenvalue weighted by Gasteiger charge is 2.12. The van der Waals surface area contributed by atoms with E-state index in [1.165, 1.54) is 5.56 Å². The van der Waals surface area contributed by atoms with Gasteiger partial charge in [-0.25, -0.2) is 4.79 Å². The Kier molecular flexibility index (Phi) is 11.5. The topological polar surface area (TPSA) is 87.0 Å². The van der Waals surface area contributed by atoms with Crippen LogP contribution in [0, 0.1) is 0 Å². The van der Waals surface area contributed by atoms with Gasteiger partial charge in [0, 0.05) is 12.0 Å². The number of benzene rings is 2. The Labute approximate surface area is 154 Å². The SMILES string of the molecule is C=CC.CC=Cc1ccc(O)c(OC)c1Cc1ccccc1.O=C(O)O. The highest BCUT2D eigenvalue weighted by atomic mass is 16.6. The molecule has 26 heavy (non-hydrogen) atoms. The van der Waals surface area contributed by atoms with Crippen molar-refractivity contribution >= 4 is 12.2 Å². The van der Waals surface area contributed by atoms with Crippen LogP contribution in [0.15, 0.2) is 61.2 Å². The fourth-order valence-electron chi connectivity index (χ4n) is 2.18. The third-order valence-corrected chi connectivity index (χ3v) is 3.05. The van der Waals surface area contributed by atoms with E-state index >= 15 is 0 Å². The number of hydrogen-bond acceptors (Lipinski definition) is 3. The van der Waals surface area contributed by atoms with Gasteiger partial charge in [0.25, 0.3) is 0 Å². The standard InChI is InChI=1S/C17H18O2.C3H6.CH2O3/c1-3-7-14-10-11-16(18)17(19-2)15(14)12-13-8-5-4-6-9-13;1-3-2;2-1(3)4/h3-11,18H,12H2,1-2H3;3H,1H2,2H3;(H2,2,3,4). The van der Waals surface area contributed by atoms with Gasteiger partial charge in [-0.3, -0.25) is 0 Å². The van der Waals surface area contributed by atoms with Gasteiger partial charge in [-0.2, -0.15) is 0 Å². The van der Waals surface area contributed by atoms with E-state index in [4.69, 9.17) is 19.7 Å². The highest BCUT2D eigenvalue weighted by molar-refractivity contribution is 5.62. The van der Waals surface area contributed by atoms with Crippen LogP contribution >= 0.6 is 0 Å². The molecule has 0 aliphatic heterocycles. The van der Waals surface area contributed by atoms with E-state index in [9.17, 15) is 5.11 Å². The maximum Gasteiger partial charge on any atom is 0.503 e. The summed E-state index contributed by atoms with van der Waals surface area (Å²) in [5, 5.41) is 23.9. The molecule has 0 saturated heterocycles. The Morgan fingerprint density at radius 2 is 1.65 bits per heavy atom. The molecule has 0 atom stereocenters. The summed E-state index contributed by atoms with van der Waals surface area (Å²) in [5.74, 6) is 0.737. The maximum atomic E-state index is 9.91. The monoisotopic (exact) mass is 358 g/mol. The molecule has 0 saturated carbocycles. The largest absolute Gasteiger partial charge is 0.504 e. The molecule has 0 aliphatic carbocycles. The minimum absolute atomic E-state index is 0.182. The van der Waals surface area contributed by atoms with Gasteiger partial charge >= 0.3 is 6.16 Å². The molecule has 3 N–H and O–H groups in total. The third-order valence-electron chi connectivity index (χ3n) is 3.05. The molecule has 0 amide bonds. The Hall–Kier alpha value is -3.21. The molecule has 2 aromatic rings. The zero-order valence-corrected chi connectivity index (χ0v) is 15.3. The predicted molar refractivity (Wildman–Crippen MR) is 105 cm³/mol. The second-order valence-corrected chi connectivity index (χ2v) is 5.04. The molecule has 140 valence electrons. The lowest BCUT2D eigenvalue weighted by Gasteiger charge is -2.13. The molecule has 0 radical (unpaired) electrons. The lowest BCUT2D eigenvalue weighted by Crippen LogP contribution is -1.97. The molecule has 0 bridgehead atoms. The molecule has 5 heteroatoms. The Balaban J connectivity index is 0.000000770. The van der Waals surface area contributed by atoms with Gasteiger partial charge in [-0.15, -0.1) is 6.58 Å². The number of ether oxygens (including phenoxy) is 1. The minimum atomic E-state index is -1.83. The second-order valence-electron chi connectivity index (χ2n) is 5.04. The van der Waals surface area contributed by atoms with Crippen molar-refractivity contribution in [2.45, 2.75) is 20.3 Å². The van der Waals surface area contributed by atoms with E-state index in [0.717, 1.165) is 17.5 Å². The molecular weight excluding hydrogens is 332 g/mol. The van der Waals surface area contributed by atoms with Crippen LogP contribution < -0.4 is 4.74 Å². The molecule has 0 unspecified atom stereocenters. The van der Waals surface area contributed by atoms with Crippen molar-refractivity contribution in [1.82, 2.24) is 0 Å². The molecule has 2 rings (SSSR count). The Bertz CT molecular complexity index is 702. The number of rotatable bonds is 4. The van der Waals surface area contributed by atoms with Gasteiger partial charge in [-0.05, 0) is 31.0 Å². The van der Waals surface area contributed by atoms with Crippen LogP contribution in [0.3, 0.4) is 0 Å². The molecule has 2 aromatic carbocycles. The van der Waals surface area contributed by atoms with E-state index in [0.29, 0.717) is 5.75 Å². The minimum Gasteiger partial charge on any atom is -0.504 e. The van der Waals surface area contributed by atoms with Crippen molar-refractivity contribution in [2.75, 3.05) is 7.11 Å². The fourth-order valence-corrected chi connectivity index (χ4v) is 2.18. The van der Waals surface area contributed by atoms with Crippen molar-refractivity contribution in [3.63, 3.8) is 0 Å².